The molecule has 2 heterocycles. The van der Waals surface area contributed by atoms with Crippen LogP contribution in [0.3, 0.4) is 0 Å². The van der Waals surface area contributed by atoms with Crippen LogP contribution < -0.4 is 16.6 Å². The predicted octanol–water partition coefficient (Wildman–Crippen LogP) is -0.297. The summed E-state index contributed by atoms with van der Waals surface area (Å²) >= 11 is 0. The molecule has 0 aliphatic carbocycles. The average Bonchev–Trinajstić information content (AvgIpc) is 3.09. The van der Waals surface area contributed by atoms with Crippen molar-refractivity contribution in [2.75, 3.05) is 19.4 Å². The zero-order chi connectivity index (χ0) is 21.3. The summed E-state index contributed by atoms with van der Waals surface area (Å²) in [6.45, 7) is -0.134. The minimum Gasteiger partial charge on any atom is -0.349 e. The Hall–Kier alpha value is -3.69. The molecule has 0 unspecified atom stereocenters. The van der Waals surface area contributed by atoms with Gasteiger partial charge in [0.25, 0.3) is 5.56 Å². The van der Waals surface area contributed by atoms with Gasteiger partial charge in [-0.3, -0.25) is 23.5 Å². The van der Waals surface area contributed by atoms with Gasteiger partial charge in [0, 0.05) is 33.9 Å². The Balaban J connectivity index is 1.76. The third-order valence-electron chi connectivity index (χ3n) is 4.62. The van der Waals surface area contributed by atoms with Crippen LogP contribution in [0, 0.1) is 0 Å². The summed E-state index contributed by atoms with van der Waals surface area (Å²) in [4.78, 5) is 54.2. The highest BCUT2D eigenvalue weighted by molar-refractivity contribution is 5.91. The van der Waals surface area contributed by atoms with Crippen molar-refractivity contribution in [1.29, 1.82) is 0 Å². The van der Waals surface area contributed by atoms with E-state index >= 15 is 0 Å². The first kappa shape index (κ1) is 20.1. The number of rotatable bonds is 5. The Morgan fingerprint density at radius 1 is 1.07 bits per heavy atom. The van der Waals surface area contributed by atoms with Crippen molar-refractivity contribution in [2.45, 2.75) is 13.0 Å². The summed E-state index contributed by atoms with van der Waals surface area (Å²) in [5.74, 6) is -0.359. The van der Waals surface area contributed by atoms with Gasteiger partial charge in [0.1, 0.15) is 6.54 Å². The van der Waals surface area contributed by atoms with Gasteiger partial charge < -0.3 is 14.8 Å². The standard InChI is InChI=1S/C19H22N6O4/c1-22(2)15(27)9-12-5-7-13(8-6-12)21-14(26)10-25-11-20-17-16(25)18(28)24(4)19(29)23(17)3/h5-8,11H,9-10H2,1-4H3,(H,21,26). The first-order chi connectivity index (χ1) is 13.7. The minimum atomic E-state index is -0.511. The van der Waals surface area contributed by atoms with E-state index in [2.05, 4.69) is 10.3 Å². The highest BCUT2D eigenvalue weighted by Gasteiger charge is 2.16. The summed E-state index contributed by atoms with van der Waals surface area (Å²) in [6.07, 6.45) is 1.64. The molecule has 0 aliphatic heterocycles. The van der Waals surface area contributed by atoms with Crippen molar-refractivity contribution in [3.63, 3.8) is 0 Å². The van der Waals surface area contributed by atoms with Crippen LogP contribution in [0.5, 0.6) is 0 Å². The number of amides is 2. The van der Waals surface area contributed by atoms with Crippen LogP contribution in [0.15, 0.2) is 40.2 Å². The van der Waals surface area contributed by atoms with Gasteiger partial charge in [-0.2, -0.15) is 0 Å². The number of nitrogens with one attached hydrogen (secondary N) is 1. The average molecular weight is 398 g/mol. The van der Waals surface area contributed by atoms with E-state index in [1.807, 2.05) is 0 Å². The van der Waals surface area contributed by atoms with Crippen LogP contribution in [0.2, 0.25) is 0 Å². The molecule has 0 bridgehead atoms. The van der Waals surface area contributed by atoms with Crippen molar-refractivity contribution in [3.8, 4) is 0 Å². The highest BCUT2D eigenvalue weighted by atomic mass is 16.2. The van der Waals surface area contributed by atoms with Crippen molar-refractivity contribution < 1.29 is 9.59 Å². The van der Waals surface area contributed by atoms with Crippen LogP contribution in [-0.2, 0) is 36.6 Å². The topological polar surface area (TPSA) is 111 Å². The van der Waals surface area contributed by atoms with Gasteiger partial charge in [-0.05, 0) is 17.7 Å². The van der Waals surface area contributed by atoms with Crippen molar-refractivity contribution in [1.82, 2.24) is 23.6 Å². The molecule has 3 rings (SSSR count). The first-order valence-electron chi connectivity index (χ1n) is 8.89. The summed E-state index contributed by atoms with van der Waals surface area (Å²) in [5.41, 5.74) is 0.823. The Morgan fingerprint density at radius 2 is 1.72 bits per heavy atom. The molecule has 10 heteroatoms. The molecule has 2 amide bonds. The second-order valence-corrected chi connectivity index (χ2v) is 6.96. The smallest absolute Gasteiger partial charge is 0.332 e. The fourth-order valence-electron chi connectivity index (χ4n) is 2.91. The normalized spacial score (nSPS) is 10.9. The molecular formula is C19H22N6O4. The second-order valence-electron chi connectivity index (χ2n) is 6.96. The third kappa shape index (κ3) is 3.96. The highest BCUT2D eigenvalue weighted by Crippen LogP contribution is 2.12. The van der Waals surface area contributed by atoms with Crippen molar-refractivity contribution in [3.05, 3.63) is 57.0 Å². The van der Waals surface area contributed by atoms with Gasteiger partial charge in [-0.1, -0.05) is 12.1 Å². The number of likely N-dealkylation sites (N-methyl/N-ethyl adjacent to an activating group) is 1. The van der Waals surface area contributed by atoms with Crippen LogP contribution in [0.1, 0.15) is 5.56 Å². The van der Waals surface area contributed by atoms with Crippen LogP contribution in [0.25, 0.3) is 11.2 Å². The lowest BCUT2D eigenvalue weighted by Gasteiger charge is -2.11. The summed E-state index contributed by atoms with van der Waals surface area (Å²) in [5, 5.41) is 2.75. The van der Waals surface area contributed by atoms with Gasteiger partial charge in [-0.15, -0.1) is 0 Å². The van der Waals surface area contributed by atoms with E-state index in [4.69, 9.17) is 0 Å². The molecule has 3 aromatic rings. The number of aromatic nitrogens is 4. The van der Waals surface area contributed by atoms with Crippen molar-refractivity contribution >= 4 is 28.7 Å². The molecule has 0 saturated carbocycles. The fourth-order valence-corrected chi connectivity index (χ4v) is 2.91. The van der Waals surface area contributed by atoms with Gasteiger partial charge in [0.15, 0.2) is 11.2 Å². The molecule has 0 aliphatic rings. The summed E-state index contributed by atoms with van der Waals surface area (Å²) < 4.78 is 3.65. The van der Waals surface area contributed by atoms with Crippen LogP contribution >= 0.6 is 0 Å². The van der Waals surface area contributed by atoms with Gasteiger partial charge >= 0.3 is 5.69 Å². The lowest BCUT2D eigenvalue weighted by molar-refractivity contribution is -0.128. The number of hydrogen-bond acceptors (Lipinski definition) is 5. The van der Waals surface area contributed by atoms with Gasteiger partial charge in [-0.25, -0.2) is 9.78 Å². The maximum Gasteiger partial charge on any atom is 0.332 e. The van der Waals surface area contributed by atoms with E-state index in [-0.39, 0.29) is 35.9 Å². The Kier molecular flexibility index (Phi) is 5.35. The van der Waals surface area contributed by atoms with E-state index < -0.39 is 11.2 Å². The second kappa shape index (κ2) is 7.74. The van der Waals surface area contributed by atoms with Crippen LogP contribution in [-0.4, -0.2) is 49.5 Å². The Morgan fingerprint density at radius 3 is 2.34 bits per heavy atom. The number of carbonyl (C=O) groups is 2. The number of carbonyl (C=O) groups excluding carboxylic acids is 2. The zero-order valence-electron chi connectivity index (χ0n) is 16.7. The molecule has 152 valence electrons. The monoisotopic (exact) mass is 398 g/mol. The maximum atomic E-state index is 12.4. The van der Waals surface area contributed by atoms with E-state index in [0.29, 0.717) is 5.69 Å². The minimum absolute atomic E-state index is 0.00949. The number of benzene rings is 1. The lowest BCUT2D eigenvalue weighted by Crippen LogP contribution is -2.37. The van der Waals surface area contributed by atoms with E-state index in [9.17, 15) is 19.2 Å². The third-order valence-corrected chi connectivity index (χ3v) is 4.62. The number of anilines is 1. The number of imidazole rings is 1. The molecule has 29 heavy (non-hydrogen) atoms. The fraction of sp³-hybridized carbons (Fsp3) is 0.316. The number of aryl methyl sites for hydroxylation is 1. The first-order valence-corrected chi connectivity index (χ1v) is 8.89. The van der Waals surface area contributed by atoms with E-state index in [0.717, 1.165) is 10.1 Å². The quantitative estimate of drug-likeness (QED) is 0.635. The van der Waals surface area contributed by atoms with Crippen LogP contribution in [0.4, 0.5) is 5.69 Å². The molecular weight excluding hydrogens is 376 g/mol. The number of fused-ring (bicyclic) bond motifs is 1. The molecule has 0 radical (unpaired) electrons. The van der Waals surface area contributed by atoms with E-state index in [1.54, 1.807) is 38.4 Å². The Labute approximate surface area is 166 Å². The summed E-state index contributed by atoms with van der Waals surface area (Å²) in [6, 6.07) is 6.97. The number of nitrogens with zero attached hydrogens (tertiary/aromatic N) is 5. The predicted molar refractivity (Wildman–Crippen MR) is 108 cm³/mol. The molecule has 0 atom stereocenters. The lowest BCUT2D eigenvalue weighted by atomic mass is 10.1. The maximum absolute atomic E-state index is 12.4. The molecule has 0 saturated heterocycles. The van der Waals surface area contributed by atoms with E-state index in [1.165, 1.54) is 34.5 Å². The molecule has 2 aromatic heterocycles. The Bertz CT molecular complexity index is 1200. The molecule has 1 N–H and O–H groups in total. The summed E-state index contributed by atoms with van der Waals surface area (Å²) in [7, 11) is 6.29. The molecule has 0 fully saturated rings. The number of hydrogen-bond donors (Lipinski definition) is 1. The molecule has 10 nitrogen and oxygen atoms in total. The molecule has 1 aromatic carbocycles. The zero-order valence-corrected chi connectivity index (χ0v) is 16.7. The van der Waals surface area contributed by atoms with Crippen molar-refractivity contribution in [2.24, 2.45) is 14.1 Å². The van der Waals surface area contributed by atoms with Gasteiger partial charge in [0.05, 0.1) is 12.7 Å². The molecule has 0 spiro atoms. The SMILES string of the molecule is CN(C)C(=O)Cc1ccc(NC(=O)Cn2cnc3c2c(=O)n(C)c(=O)n3C)cc1. The largest absolute Gasteiger partial charge is 0.349 e. The van der Waals surface area contributed by atoms with Gasteiger partial charge in [0.2, 0.25) is 11.8 Å².